The summed E-state index contributed by atoms with van der Waals surface area (Å²) in [4.78, 5) is 28.9. The van der Waals surface area contributed by atoms with Crippen LogP contribution in [0.1, 0.15) is 11.1 Å². The zero-order chi connectivity index (χ0) is 26.1. The van der Waals surface area contributed by atoms with Gasteiger partial charge in [-0.15, -0.1) is 0 Å². The number of hydrogen-bond donors (Lipinski definition) is 1. The van der Waals surface area contributed by atoms with E-state index in [-0.39, 0.29) is 30.0 Å². The van der Waals surface area contributed by atoms with Crippen molar-refractivity contribution in [2.75, 3.05) is 36.5 Å². The highest BCUT2D eigenvalue weighted by Gasteiger charge is 2.42. The van der Waals surface area contributed by atoms with Gasteiger partial charge in [-0.2, -0.15) is 0 Å². The Bertz CT molecular complexity index is 1350. The van der Waals surface area contributed by atoms with Gasteiger partial charge >= 0.3 is 0 Å². The summed E-state index contributed by atoms with van der Waals surface area (Å²) < 4.78 is 19.2. The number of piperazine rings is 1. The van der Waals surface area contributed by atoms with Crippen LogP contribution in [-0.2, 0) is 17.8 Å². The zero-order valence-corrected chi connectivity index (χ0v) is 21.0. The minimum Gasteiger partial charge on any atom is -0.495 e. The molecule has 5 rings (SSSR count). The molecule has 2 atom stereocenters. The number of hydrogen-bond acceptors (Lipinski definition) is 6. The minimum absolute atomic E-state index is 0.00146. The van der Waals surface area contributed by atoms with Gasteiger partial charge in [0, 0.05) is 49.0 Å². The molecule has 2 heterocycles. The first-order valence-electron chi connectivity index (χ1n) is 12.0. The van der Waals surface area contributed by atoms with Crippen molar-refractivity contribution in [3.8, 4) is 5.75 Å². The first kappa shape index (κ1) is 24.8. The molecular weight excluding hydrogens is 499 g/mol. The fraction of sp³-hybridized carbons (Fsp3) is 0.296. The Balaban J connectivity index is 1.46. The van der Waals surface area contributed by atoms with E-state index < -0.39 is 10.8 Å². The number of fused-ring (bicyclic) bond motifs is 3. The summed E-state index contributed by atoms with van der Waals surface area (Å²) in [6.45, 7) is 1.98. The predicted molar refractivity (Wildman–Crippen MR) is 140 cm³/mol. The van der Waals surface area contributed by atoms with E-state index in [0.717, 1.165) is 16.9 Å². The average Bonchev–Trinajstić information content (AvgIpc) is 2.90. The van der Waals surface area contributed by atoms with Gasteiger partial charge in [-0.25, -0.2) is 4.39 Å². The molecule has 37 heavy (non-hydrogen) atoms. The van der Waals surface area contributed by atoms with E-state index in [9.17, 15) is 19.3 Å². The topological polar surface area (TPSA) is 87.9 Å². The number of nitro benzene ring substituents is 1. The van der Waals surface area contributed by atoms with Crippen molar-refractivity contribution >= 4 is 34.6 Å². The standard InChI is InChI=1S/C27H26ClFN4O4/c1-37-26-8-5-19(28)14-24(26)31-9-10-32-23-7-6-21(33(35)36)12-18(23)13-22(25(32)16-31)27(34)30-15-17-3-2-4-20(29)11-17/h2-8,11-12,14,22,25H,9-10,13,15-16H2,1H3,(H,30,34)/t22-,25+/m0/s1. The van der Waals surface area contributed by atoms with Crippen molar-refractivity contribution in [2.24, 2.45) is 5.92 Å². The minimum atomic E-state index is -0.476. The van der Waals surface area contributed by atoms with Crippen LogP contribution in [0.15, 0.2) is 60.7 Å². The number of nitrogens with one attached hydrogen (secondary N) is 1. The maximum absolute atomic E-state index is 13.6. The molecule has 192 valence electrons. The number of rotatable bonds is 6. The Morgan fingerprint density at radius 3 is 2.76 bits per heavy atom. The van der Waals surface area contributed by atoms with E-state index in [1.165, 1.54) is 18.2 Å². The summed E-state index contributed by atoms with van der Waals surface area (Å²) in [6.07, 6.45) is 0.355. The largest absolute Gasteiger partial charge is 0.495 e. The number of nitrogens with zero attached hydrogens (tertiary/aromatic N) is 3. The van der Waals surface area contributed by atoms with Gasteiger partial charge < -0.3 is 19.9 Å². The molecule has 0 aliphatic carbocycles. The van der Waals surface area contributed by atoms with Crippen LogP contribution in [0.4, 0.5) is 21.5 Å². The molecule has 8 nitrogen and oxygen atoms in total. The first-order chi connectivity index (χ1) is 17.8. The van der Waals surface area contributed by atoms with Crippen LogP contribution in [0.3, 0.4) is 0 Å². The normalized spacial score (nSPS) is 18.6. The third-order valence-electron chi connectivity index (χ3n) is 7.08. The fourth-order valence-electron chi connectivity index (χ4n) is 5.32. The van der Waals surface area contributed by atoms with Crippen LogP contribution >= 0.6 is 11.6 Å². The number of methoxy groups -OCH3 is 1. The van der Waals surface area contributed by atoms with E-state index in [0.29, 0.717) is 42.4 Å². The predicted octanol–water partition coefficient (Wildman–Crippen LogP) is 4.58. The number of carbonyl (C=O) groups excluding carboxylic acids is 1. The number of ether oxygens (including phenoxy) is 1. The molecule has 1 fully saturated rings. The lowest BCUT2D eigenvalue weighted by molar-refractivity contribution is -0.384. The van der Waals surface area contributed by atoms with Crippen LogP contribution in [-0.4, -0.2) is 43.6 Å². The highest BCUT2D eigenvalue weighted by Crippen LogP contribution is 2.40. The lowest BCUT2D eigenvalue weighted by Gasteiger charge is -2.49. The van der Waals surface area contributed by atoms with Crippen LogP contribution < -0.4 is 19.9 Å². The molecule has 0 unspecified atom stereocenters. The molecule has 0 aromatic heterocycles. The van der Waals surface area contributed by atoms with E-state index in [4.69, 9.17) is 16.3 Å². The Kier molecular flexibility index (Phi) is 6.88. The summed E-state index contributed by atoms with van der Waals surface area (Å²) in [5, 5.41) is 15.0. The van der Waals surface area contributed by atoms with Crippen molar-refractivity contribution in [2.45, 2.75) is 19.0 Å². The summed E-state index contributed by atoms with van der Waals surface area (Å²) in [7, 11) is 1.61. The van der Waals surface area contributed by atoms with Gasteiger partial charge in [-0.3, -0.25) is 14.9 Å². The fourth-order valence-corrected chi connectivity index (χ4v) is 5.49. The summed E-state index contributed by atoms with van der Waals surface area (Å²) in [5.74, 6) is -0.334. The number of carbonyl (C=O) groups is 1. The molecule has 1 saturated heterocycles. The molecule has 3 aromatic rings. The summed E-state index contributed by atoms with van der Waals surface area (Å²) in [5.41, 5.74) is 3.18. The number of anilines is 2. The van der Waals surface area contributed by atoms with Crippen molar-refractivity contribution in [1.29, 1.82) is 0 Å². The van der Waals surface area contributed by atoms with E-state index >= 15 is 0 Å². The second-order valence-corrected chi connectivity index (χ2v) is 9.69. The zero-order valence-electron chi connectivity index (χ0n) is 20.2. The van der Waals surface area contributed by atoms with Gasteiger partial charge in [0.2, 0.25) is 5.91 Å². The molecule has 3 aromatic carbocycles. The molecule has 10 heteroatoms. The van der Waals surface area contributed by atoms with Gasteiger partial charge in [0.25, 0.3) is 5.69 Å². The second-order valence-electron chi connectivity index (χ2n) is 9.25. The third-order valence-corrected chi connectivity index (χ3v) is 7.32. The third kappa shape index (κ3) is 5.04. The lowest BCUT2D eigenvalue weighted by atomic mass is 9.83. The smallest absolute Gasteiger partial charge is 0.269 e. The van der Waals surface area contributed by atoms with E-state index in [1.807, 2.05) is 12.1 Å². The van der Waals surface area contributed by atoms with Crippen molar-refractivity contribution in [3.63, 3.8) is 0 Å². The molecule has 0 bridgehead atoms. The Morgan fingerprint density at radius 2 is 2.00 bits per heavy atom. The Hall–Kier alpha value is -3.85. The molecule has 1 N–H and O–H groups in total. The van der Waals surface area contributed by atoms with E-state index in [2.05, 4.69) is 15.1 Å². The van der Waals surface area contributed by atoms with Gasteiger partial charge in [0.15, 0.2) is 0 Å². The summed E-state index contributed by atoms with van der Waals surface area (Å²) in [6, 6.07) is 16.2. The number of non-ortho nitro benzene ring substituents is 1. The van der Waals surface area contributed by atoms with Gasteiger partial charge in [0.05, 0.1) is 29.7 Å². The van der Waals surface area contributed by atoms with Crippen molar-refractivity contribution in [3.05, 3.63) is 92.7 Å². The van der Waals surface area contributed by atoms with Gasteiger partial charge in [-0.05, 0) is 53.9 Å². The molecule has 0 saturated carbocycles. The van der Waals surface area contributed by atoms with Gasteiger partial charge in [-0.1, -0.05) is 23.7 Å². The maximum Gasteiger partial charge on any atom is 0.269 e. The molecule has 1 amide bonds. The average molecular weight is 525 g/mol. The monoisotopic (exact) mass is 524 g/mol. The molecule has 0 radical (unpaired) electrons. The number of amides is 1. The van der Waals surface area contributed by atoms with Crippen LogP contribution in [0.25, 0.3) is 0 Å². The lowest BCUT2D eigenvalue weighted by Crippen LogP contribution is -2.61. The number of nitro groups is 1. The molecule has 2 aliphatic rings. The summed E-state index contributed by atoms with van der Waals surface area (Å²) >= 11 is 6.29. The maximum atomic E-state index is 13.6. The highest BCUT2D eigenvalue weighted by atomic mass is 35.5. The van der Waals surface area contributed by atoms with E-state index in [1.54, 1.807) is 37.4 Å². The second kappa shape index (κ2) is 10.3. The van der Waals surface area contributed by atoms with Crippen LogP contribution in [0.2, 0.25) is 5.02 Å². The molecule has 2 aliphatic heterocycles. The highest BCUT2D eigenvalue weighted by molar-refractivity contribution is 6.31. The Morgan fingerprint density at radius 1 is 1.16 bits per heavy atom. The van der Waals surface area contributed by atoms with Crippen LogP contribution in [0.5, 0.6) is 5.75 Å². The number of halogens is 2. The SMILES string of the molecule is COc1ccc(Cl)cc1N1CCN2c3ccc([N+](=O)[O-])cc3C[C@H](C(=O)NCc3cccc(F)c3)[C@H]2C1. The van der Waals surface area contributed by atoms with Crippen molar-refractivity contribution < 1.29 is 18.8 Å². The molecule has 0 spiro atoms. The quantitative estimate of drug-likeness (QED) is 0.375. The van der Waals surface area contributed by atoms with Crippen molar-refractivity contribution in [1.82, 2.24) is 5.32 Å². The Labute approximate surface area is 218 Å². The number of benzene rings is 3. The van der Waals surface area contributed by atoms with Crippen LogP contribution in [0, 0.1) is 21.8 Å². The van der Waals surface area contributed by atoms with Gasteiger partial charge in [0.1, 0.15) is 11.6 Å². The first-order valence-corrected chi connectivity index (χ1v) is 12.4. The molecular formula is C27H26ClFN4O4.